The third-order valence-corrected chi connectivity index (χ3v) is 4.67. The smallest absolute Gasteiger partial charge is 0.259 e. The molecule has 0 unspecified atom stereocenters. The number of benzene rings is 2. The quantitative estimate of drug-likeness (QED) is 0.708. The standard InChI is InChI=1S/C20H17F2N3O2/c21-15-7-5-14(6-8-15)19-16(13-23-27-19)20(26)25-11-9-24(10-12-25)18-4-2-1-3-17(18)22/h1-8,13H,9-12H2. The first kappa shape index (κ1) is 17.2. The molecule has 4 rings (SSSR count). The van der Waals surface area contributed by atoms with Crippen molar-refractivity contribution >= 4 is 11.6 Å². The van der Waals surface area contributed by atoms with Crippen LogP contribution >= 0.6 is 0 Å². The molecule has 2 heterocycles. The van der Waals surface area contributed by atoms with E-state index in [-0.39, 0.29) is 17.5 Å². The fraction of sp³-hybridized carbons (Fsp3) is 0.200. The maximum Gasteiger partial charge on any atom is 0.259 e. The van der Waals surface area contributed by atoms with Gasteiger partial charge in [0.15, 0.2) is 5.76 Å². The zero-order valence-corrected chi connectivity index (χ0v) is 14.4. The summed E-state index contributed by atoms with van der Waals surface area (Å²) in [6.07, 6.45) is 1.38. The van der Waals surface area contributed by atoms with Crippen LogP contribution in [0.4, 0.5) is 14.5 Å². The summed E-state index contributed by atoms with van der Waals surface area (Å²) in [5, 5.41) is 3.73. The van der Waals surface area contributed by atoms with E-state index in [1.807, 2.05) is 4.90 Å². The van der Waals surface area contributed by atoms with Crippen LogP contribution in [0.25, 0.3) is 11.3 Å². The van der Waals surface area contributed by atoms with Gasteiger partial charge in [0.25, 0.3) is 5.91 Å². The molecule has 1 aliphatic heterocycles. The Balaban J connectivity index is 1.48. The average Bonchev–Trinajstić information content (AvgIpc) is 3.18. The molecule has 3 aromatic rings. The summed E-state index contributed by atoms with van der Waals surface area (Å²) in [7, 11) is 0. The molecule has 7 heteroatoms. The number of carbonyl (C=O) groups excluding carboxylic acids is 1. The molecule has 0 N–H and O–H groups in total. The van der Waals surface area contributed by atoms with Gasteiger partial charge in [-0.15, -0.1) is 0 Å². The van der Waals surface area contributed by atoms with Crippen LogP contribution in [0, 0.1) is 11.6 Å². The Labute approximate surface area is 154 Å². The van der Waals surface area contributed by atoms with Crippen molar-refractivity contribution in [3.05, 3.63) is 71.9 Å². The summed E-state index contributed by atoms with van der Waals surface area (Å²) in [6.45, 7) is 1.98. The lowest BCUT2D eigenvalue weighted by molar-refractivity contribution is 0.0747. The monoisotopic (exact) mass is 369 g/mol. The Kier molecular flexibility index (Phi) is 4.58. The second kappa shape index (κ2) is 7.19. The first-order chi connectivity index (χ1) is 13.1. The van der Waals surface area contributed by atoms with Gasteiger partial charge in [-0.05, 0) is 36.4 Å². The molecule has 2 aromatic carbocycles. The average molecular weight is 369 g/mol. The Morgan fingerprint density at radius 3 is 2.37 bits per heavy atom. The Bertz CT molecular complexity index is 948. The van der Waals surface area contributed by atoms with Gasteiger partial charge in [0, 0.05) is 31.7 Å². The van der Waals surface area contributed by atoms with Crippen molar-refractivity contribution in [1.29, 1.82) is 0 Å². The van der Waals surface area contributed by atoms with Crippen molar-refractivity contribution in [2.75, 3.05) is 31.1 Å². The highest BCUT2D eigenvalue weighted by molar-refractivity contribution is 5.99. The molecule has 27 heavy (non-hydrogen) atoms. The number of nitrogens with zero attached hydrogens (tertiary/aromatic N) is 3. The van der Waals surface area contributed by atoms with Crippen LogP contribution < -0.4 is 4.90 Å². The zero-order chi connectivity index (χ0) is 18.8. The Hall–Kier alpha value is -3.22. The molecule has 138 valence electrons. The van der Waals surface area contributed by atoms with Crippen molar-refractivity contribution < 1.29 is 18.1 Å². The highest BCUT2D eigenvalue weighted by atomic mass is 19.1. The van der Waals surface area contributed by atoms with Crippen LogP contribution in [0.2, 0.25) is 0 Å². The lowest BCUT2D eigenvalue weighted by atomic mass is 10.1. The Morgan fingerprint density at radius 1 is 0.963 bits per heavy atom. The first-order valence-electron chi connectivity index (χ1n) is 8.63. The van der Waals surface area contributed by atoms with Gasteiger partial charge in [0.05, 0.1) is 11.9 Å². The maximum absolute atomic E-state index is 14.0. The molecule has 1 amide bonds. The van der Waals surface area contributed by atoms with Crippen molar-refractivity contribution in [3.63, 3.8) is 0 Å². The van der Waals surface area contributed by atoms with E-state index in [1.165, 1.54) is 24.4 Å². The molecule has 1 fully saturated rings. The number of halogens is 2. The van der Waals surface area contributed by atoms with Gasteiger partial charge in [-0.2, -0.15) is 0 Å². The van der Waals surface area contributed by atoms with E-state index in [1.54, 1.807) is 35.2 Å². The molecular weight excluding hydrogens is 352 g/mol. The number of hydrogen-bond donors (Lipinski definition) is 0. The highest BCUT2D eigenvalue weighted by Gasteiger charge is 2.27. The van der Waals surface area contributed by atoms with Crippen LogP contribution in [0.5, 0.6) is 0 Å². The number of anilines is 1. The maximum atomic E-state index is 14.0. The summed E-state index contributed by atoms with van der Waals surface area (Å²) in [5.41, 5.74) is 1.46. The first-order valence-corrected chi connectivity index (χ1v) is 8.63. The van der Waals surface area contributed by atoms with Gasteiger partial charge in [0.1, 0.15) is 17.2 Å². The van der Waals surface area contributed by atoms with Gasteiger partial charge in [0.2, 0.25) is 0 Å². The fourth-order valence-corrected chi connectivity index (χ4v) is 3.23. The summed E-state index contributed by atoms with van der Waals surface area (Å²) < 4.78 is 32.3. The minimum atomic E-state index is -0.365. The largest absolute Gasteiger partial charge is 0.366 e. The summed E-state index contributed by atoms with van der Waals surface area (Å²) in [5.74, 6) is -0.523. The normalized spacial score (nSPS) is 14.4. The van der Waals surface area contributed by atoms with Crippen LogP contribution in [-0.2, 0) is 0 Å². The number of piperazine rings is 1. The molecular formula is C20H17F2N3O2. The number of rotatable bonds is 3. The molecule has 0 atom stereocenters. The van der Waals surface area contributed by atoms with Crippen molar-refractivity contribution in [3.8, 4) is 11.3 Å². The number of aromatic nitrogens is 1. The van der Waals surface area contributed by atoms with E-state index in [4.69, 9.17) is 4.52 Å². The number of amides is 1. The summed E-state index contributed by atoms with van der Waals surface area (Å²) in [4.78, 5) is 16.5. The van der Waals surface area contributed by atoms with Crippen molar-refractivity contribution in [1.82, 2.24) is 10.1 Å². The topological polar surface area (TPSA) is 49.6 Å². The number of carbonyl (C=O) groups is 1. The van der Waals surface area contributed by atoms with Gasteiger partial charge in [-0.1, -0.05) is 17.3 Å². The molecule has 0 radical (unpaired) electrons. The van der Waals surface area contributed by atoms with Gasteiger partial charge >= 0.3 is 0 Å². The van der Waals surface area contributed by atoms with Crippen LogP contribution in [-0.4, -0.2) is 42.1 Å². The molecule has 0 saturated carbocycles. The van der Waals surface area contributed by atoms with E-state index in [2.05, 4.69) is 5.16 Å². The lowest BCUT2D eigenvalue weighted by Gasteiger charge is -2.36. The van der Waals surface area contributed by atoms with E-state index in [0.29, 0.717) is 48.8 Å². The number of para-hydroxylation sites is 1. The molecule has 5 nitrogen and oxygen atoms in total. The van der Waals surface area contributed by atoms with Crippen molar-refractivity contribution in [2.45, 2.75) is 0 Å². The molecule has 0 bridgehead atoms. The van der Waals surface area contributed by atoms with Gasteiger partial charge < -0.3 is 14.3 Å². The molecule has 1 aliphatic rings. The second-order valence-electron chi connectivity index (χ2n) is 6.31. The SMILES string of the molecule is O=C(c1cnoc1-c1ccc(F)cc1)N1CCN(c2ccccc2F)CC1. The summed E-state index contributed by atoms with van der Waals surface area (Å²) >= 11 is 0. The zero-order valence-electron chi connectivity index (χ0n) is 14.4. The van der Waals surface area contributed by atoms with Crippen LogP contribution in [0.1, 0.15) is 10.4 Å². The molecule has 1 saturated heterocycles. The van der Waals surface area contributed by atoms with E-state index < -0.39 is 0 Å². The van der Waals surface area contributed by atoms with E-state index in [0.717, 1.165) is 0 Å². The predicted octanol–water partition coefficient (Wildman–Crippen LogP) is 3.58. The molecule has 0 spiro atoms. The fourth-order valence-electron chi connectivity index (χ4n) is 3.23. The molecule has 0 aliphatic carbocycles. The number of hydrogen-bond acceptors (Lipinski definition) is 4. The van der Waals surface area contributed by atoms with Gasteiger partial charge in [-0.25, -0.2) is 8.78 Å². The van der Waals surface area contributed by atoms with Crippen molar-refractivity contribution in [2.24, 2.45) is 0 Å². The minimum Gasteiger partial charge on any atom is -0.366 e. The lowest BCUT2D eigenvalue weighted by Crippen LogP contribution is -2.49. The van der Waals surface area contributed by atoms with Crippen LogP contribution in [0.15, 0.2) is 59.3 Å². The minimum absolute atomic E-state index is 0.205. The van der Waals surface area contributed by atoms with Gasteiger partial charge in [-0.3, -0.25) is 4.79 Å². The Morgan fingerprint density at radius 2 is 1.67 bits per heavy atom. The van der Waals surface area contributed by atoms with Crippen LogP contribution in [0.3, 0.4) is 0 Å². The third kappa shape index (κ3) is 3.40. The van der Waals surface area contributed by atoms with E-state index >= 15 is 0 Å². The highest BCUT2D eigenvalue weighted by Crippen LogP contribution is 2.26. The molecule has 1 aromatic heterocycles. The summed E-state index contributed by atoms with van der Waals surface area (Å²) in [6, 6.07) is 12.3. The predicted molar refractivity (Wildman–Crippen MR) is 96.4 cm³/mol. The third-order valence-electron chi connectivity index (χ3n) is 4.67. The second-order valence-corrected chi connectivity index (χ2v) is 6.31. The van der Waals surface area contributed by atoms with E-state index in [9.17, 15) is 13.6 Å².